The van der Waals surface area contributed by atoms with Gasteiger partial charge in [0, 0.05) is 35.6 Å². The van der Waals surface area contributed by atoms with E-state index in [1.54, 1.807) is 35.2 Å². The van der Waals surface area contributed by atoms with Crippen molar-refractivity contribution in [3.8, 4) is 0 Å². The second-order valence-electron chi connectivity index (χ2n) is 5.30. The fraction of sp³-hybridized carbons (Fsp3) is 0.235. The molecule has 2 aromatic rings. The van der Waals surface area contributed by atoms with Gasteiger partial charge in [-0.1, -0.05) is 17.7 Å². The van der Waals surface area contributed by atoms with E-state index in [2.05, 4.69) is 10.3 Å². The second kappa shape index (κ2) is 7.42. The second-order valence-corrected chi connectivity index (χ2v) is 5.74. The van der Waals surface area contributed by atoms with Crippen molar-refractivity contribution in [2.24, 2.45) is 0 Å². The monoisotopic (exact) mass is 345 g/mol. The minimum atomic E-state index is -0.395. The highest BCUT2D eigenvalue weighted by Gasteiger charge is 2.20. The van der Waals surface area contributed by atoms with Crippen LogP contribution >= 0.6 is 11.6 Å². The number of carbonyl (C=O) groups is 2. The zero-order chi connectivity index (χ0) is 16.9. The Balaban J connectivity index is 1.74. The summed E-state index contributed by atoms with van der Waals surface area (Å²) in [6, 6.07) is 9.93. The molecule has 1 fully saturated rings. The summed E-state index contributed by atoms with van der Waals surface area (Å²) in [5.74, 6) is -0.522. The molecule has 6 nitrogen and oxygen atoms in total. The average molecular weight is 346 g/mol. The number of hydrogen-bond donors (Lipinski definition) is 1. The lowest BCUT2D eigenvalue weighted by atomic mass is 10.2. The van der Waals surface area contributed by atoms with Crippen molar-refractivity contribution in [1.82, 2.24) is 9.88 Å². The predicted octanol–water partition coefficient (Wildman–Crippen LogP) is 2.46. The summed E-state index contributed by atoms with van der Waals surface area (Å²) in [6.45, 7) is 2.15. The van der Waals surface area contributed by atoms with Gasteiger partial charge >= 0.3 is 0 Å². The number of carbonyl (C=O) groups excluding carboxylic acids is 2. The van der Waals surface area contributed by atoms with Gasteiger partial charge in [-0.05, 0) is 30.3 Å². The van der Waals surface area contributed by atoms with Crippen molar-refractivity contribution >= 4 is 29.1 Å². The summed E-state index contributed by atoms with van der Waals surface area (Å²) in [4.78, 5) is 30.5. The number of nitrogens with one attached hydrogen (secondary N) is 1. The van der Waals surface area contributed by atoms with Crippen LogP contribution in [0.25, 0.3) is 0 Å². The molecule has 1 aromatic heterocycles. The highest BCUT2D eigenvalue weighted by molar-refractivity contribution is 6.30. The molecule has 2 amide bonds. The van der Waals surface area contributed by atoms with Crippen LogP contribution in [0, 0.1) is 0 Å². The van der Waals surface area contributed by atoms with Crippen LogP contribution in [0.1, 0.15) is 20.8 Å². The molecule has 0 unspecified atom stereocenters. The van der Waals surface area contributed by atoms with Crippen molar-refractivity contribution < 1.29 is 14.3 Å². The Bertz CT molecular complexity index is 760. The lowest BCUT2D eigenvalue weighted by Crippen LogP contribution is -2.40. The number of morpholine rings is 1. The van der Waals surface area contributed by atoms with Gasteiger partial charge in [-0.15, -0.1) is 0 Å². The van der Waals surface area contributed by atoms with Gasteiger partial charge in [-0.25, -0.2) is 0 Å². The van der Waals surface area contributed by atoms with Crippen molar-refractivity contribution in [3.63, 3.8) is 0 Å². The number of hydrogen-bond acceptors (Lipinski definition) is 4. The molecule has 0 aliphatic carbocycles. The number of pyridine rings is 1. The molecule has 0 radical (unpaired) electrons. The number of nitrogens with zero attached hydrogens (tertiary/aromatic N) is 2. The van der Waals surface area contributed by atoms with Gasteiger partial charge in [0.2, 0.25) is 0 Å². The number of rotatable bonds is 3. The summed E-state index contributed by atoms with van der Waals surface area (Å²) in [7, 11) is 0. The molecule has 7 heteroatoms. The van der Waals surface area contributed by atoms with Crippen LogP contribution in [0.5, 0.6) is 0 Å². The molecule has 0 atom stereocenters. The first-order valence-corrected chi connectivity index (χ1v) is 7.91. The van der Waals surface area contributed by atoms with E-state index in [1.807, 2.05) is 0 Å². The third-order valence-electron chi connectivity index (χ3n) is 3.62. The number of aromatic nitrogens is 1. The van der Waals surface area contributed by atoms with Crippen LogP contribution in [0.4, 0.5) is 5.69 Å². The van der Waals surface area contributed by atoms with E-state index in [1.165, 1.54) is 12.3 Å². The largest absolute Gasteiger partial charge is 0.378 e. The van der Waals surface area contributed by atoms with Gasteiger partial charge in [-0.3, -0.25) is 14.6 Å². The van der Waals surface area contributed by atoms with Gasteiger partial charge < -0.3 is 15.0 Å². The van der Waals surface area contributed by atoms with E-state index in [-0.39, 0.29) is 11.6 Å². The van der Waals surface area contributed by atoms with Crippen molar-refractivity contribution in [3.05, 3.63) is 58.9 Å². The zero-order valence-electron chi connectivity index (χ0n) is 12.9. The molecule has 1 saturated heterocycles. The minimum Gasteiger partial charge on any atom is -0.378 e. The Morgan fingerprint density at radius 3 is 2.71 bits per heavy atom. The van der Waals surface area contributed by atoms with E-state index in [0.29, 0.717) is 42.6 Å². The molecule has 0 saturated carbocycles. The predicted molar refractivity (Wildman–Crippen MR) is 90.4 cm³/mol. The van der Waals surface area contributed by atoms with Crippen LogP contribution in [0.15, 0.2) is 42.6 Å². The van der Waals surface area contributed by atoms with Crippen LogP contribution in [-0.2, 0) is 4.74 Å². The van der Waals surface area contributed by atoms with Gasteiger partial charge in [0.15, 0.2) is 0 Å². The number of ether oxygens (including phenoxy) is 1. The Kier molecular flexibility index (Phi) is 5.08. The maximum Gasteiger partial charge on any atom is 0.274 e. The van der Waals surface area contributed by atoms with E-state index in [4.69, 9.17) is 16.3 Å². The summed E-state index contributed by atoms with van der Waals surface area (Å²) in [6.07, 6.45) is 1.46. The number of amides is 2. The molecule has 2 heterocycles. The van der Waals surface area contributed by atoms with Crippen molar-refractivity contribution in [1.29, 1.82) is 0 Å². The molecule has 0 bridgehead atoms. The maximum atomic E-state index is 12.5. The molecule has 0 spiro atoms. The molecule has 1 N–H and O–H groups in total. The lowest BCUT2D eigenvalue weighted by molar-refractivity contribution is 0.0303. The Morgan fingerprint density at radius 1 is 1.17 bits per heavy atom. The first kappa shape index (κ1) is 16.4. The highest BCUT2D eigenvalue weighted by Crippen LogP contribution is 2.16. The maximum absolute atomic E-state index is 12.5. The van der Waals surface area contributed by atoms with E-state index in [9.17, 15) is 9.59 Å². The average Bonchev–Trinajstić information content (AvgIpc) is 2.62. The fourth-order valence-electron chi connectivity index (χ4n) is 2.40. The summed E-state index contributed by atoms with van der Waals surface area (Å²) in [5.41, 5.74) is 1.18. The summed E-state index contributed by atoms with van der Waals surface area (Å²) in [5, 5.41) is 3.24. The Morgan fingerprint density at radius 2 is 1.96 bits per heavy atom. The first-order valence-electron chi connectivity index (χ1n) is 7.53. The Hall–Kier alpha value is -2.44. The molecule has 3 rings (SSSR count). The summed E-state index contributed by atoms with van der Waals surface area (Å²) >= 11 is 5.90. The molecule has 1 aliphatic rings. The van der Waals surface area contributed by atoms with E-state index >= 15 is 0 Å². The van der Waals surface area contributed by atoms with Crippen LogP contribution in [0.2, 0.25) is 5.02 Å². The van der Waals surface area contributed by atoms with Gasteiger partial charge in [-0.2, -0.15) is 0 Å². The highest BCUT2D eigenvalue weighted by atomic mass is 35.5. The van der Waals surface area contributed by atoms with Crippen LogP contribution in [-0.4, -0.2) is 48.0 Å². The number of benzene rings is 1. The zero-order valence-corrected chi connectivity index (χ0v) is 13.6. The van der Waals surface area contributed by atoms with Gasteiger partial charge in [0.05, 0.1) is 13.2 Å². The molecule has 1 aromatic carbocycles. The molecule has 1 aliphatic heterocycles. The quantitative estimate of drug-likeness (QED) is 0.927. The normalized spacial score (nSPS) is 14.3. The minimum absolute atomic E-state index is 0.127. The molecular formula is C17H16ClN3O3. The van der Waals surface area contributed by atoms with E-state index < -0.39 is 5.91 Å². The number of anilines is 1. The first-order chi connectivity index (χ1) is 11.6. The third-order valence-corrected chi connectivity index (χ3v) is 3.86. The summed E-state index contributed by atoms with van der Waals surface area (Å²) < 4.78 is 5.24. The topological polar surface area (TPSA) is 71.5 Å². The lowest BCUT2D eigenvalue weighted by Gasteiger charge is -2.26. The van der Waals surface area contributed by atoms with Crippen molar-refractivity contribution in [2.75, 3.05) is 31.6 Å². The third kappa shape index (κ3) is 3.90. The fourth-order valence-corrected chi connectivity index (χ4v) is 2.59. The van der Waals surface area contributed by atoms with E-state index in [0.717, 1.165) is 0 Å². The van der Waals surface area contributed by atoms with Gasteiger partial charge in [0.25, 0.3) is 11.8 Å². The Labute approximate surface area is 144 Å². The molecule has 24 heavy (non-hydrogen) atoms. The molecular weight excluding hydrogens is 330 g/mol. The smallest absolute Gasteiger partial charge is 0.274 e. The van der Waals surface area contributed by atoms with Gasteiger partial charge in [0.1, 0.15) is 5.69 Å². The van der Waals surface area contributed by atoms with Crippen LogP contribution in [0.3, 0.4) is 0 Å². The molecule has 124 valence electrons. The van der Waals surface area contributed by atoms with Crippen molar-refractivity contribution in [2.45, 2.75) is 0 Å². The van der Waals surface area contributed by atoms with Crippen LogP contribution < -0.4 is 5.32 Å². The SMILES string of the molecule is O=C(Nc1cccc(Cl)c1)c1cc(C(=O)N2CCOCC2)ccn1. The number of halogens is 1. The standard InChI is InChI=1S/C17H16ClN3O3/c18-13-2-1-3-14(11-13)20-16(22)15-10-12(4-5-19-15)17(23)21-6-8-24-9-7-21/h1-5,10-11H,6-9H2,(H,20,22).